The number of Topliss-reactive ketones (excluding diaryl/α,β-unsaturated/α-hetero) is 1. The van der Waals surface area contributed by atoms with Crippen molar-refractivity contribution in [3.05, 3.63) is 29.8 Å². The predicted octanol–water partition coefficient (Wildman–Crippen LogP) is 1.36. The van der Waals surface area contributed by atoms with E-state index in [1.165, 1.54) is 0 Å². The molecule has 0 aliphatic carbocycles. The summed E-state index contributed by atoms with van der Waals surface area (Å²) in [5, 5.41) is 13.9. The number of carboxylic acids is 1. The van der Waals surface area contributed by atoms with Gasteiger partial charge in [-0.05, 0) is 24.1 Å². The van der Waals surface area contributed by atoms with Gasteiger partial charge >= 0.3 is 12.0 Å². The van der Waals surface area contributed by atoms with E-state index in [4.69, 9.17) is 9.84 Å². The number of ether oxygens (including phenoxy) is 1. The van der Waals surface area contributed by atoms with Crippen molar-refractivity contribution in [3.8, 4) is 5.75 Å². The number of hydrogen-bond acceptors (Lipinski definition) is 4. The van der Waals surface area contributed by atoms with Crippen molar-refractivity contribution >= 4 is 17.8 Å². The molecule has 0 aromatic heterocycles. The minimum absolute atomic E-state index is 0.211. The van der Waals surface area contributed by atoms with Gasteiger partial charge in [0, 0.05) is 19.4 Å². The van der Waals surface area contributed by atoms with Crippen LogP contribution in [-0.4, -0.2) is 42.6 Å². The minimum Gasteiger partial charge on any atom is -0.497 e. The van der Waals surface area contributed by atoms with E-state index in [0.29, 0.717) is 13.0 Å². The molecule has 0 fully saturated rings. The monoisotopic (exact) mass is 322 g/mol. The Labute approximate surface area is 135 Å². The van der Waals surface area contributed by atoms with Gasteiger partial charge in [-0.2, -0.15) is 0 Å². The maximum absolute atomic E-state index is 11.7. The summed E-state index contributed by atoms with van der Waals surface area (Å²) in [5.41, 5.74) is 1.02. The van der Waals surface area contributed by atoms with Gasteiger partial charge in [0.05, 0.1) is 7.11 Å². The largest absolute Gasteiger partial charge is 0.497 e. The summed E-state index contributed by atoms with van der Waals surface area (Å²) in [6, 6.07) is 5.62. The van der Waals surface area contributed by atoms with Crippen LogP contribution in [0, 0.1) is 0 Å². The van der Waals surface area contributed by atoms with Crippen molar-refractivity contribution in [2.75, 3.05) is 13.7 Å². The second-order valence-electron chi connectivity index (χ2n) is 4.99. The van der Waals surface area contributed by atoms with E-state index in [0.717, 1.165) is 11.3 Å². The topological polar surface area (TPSA) is 105 Å². The number of rotatable bonds is 9. The second kappa shape index (κ2) is 9.45. The molecule has 0 bridgehead atoms. The Morgan fingerprint density at radius 2 is 1.87 bits per heavy atom. The lowest BCUT2D eigenvalue weighted by Crippen LogP contribution is -2.47. The molecule has 0 spiro atoms. The van der Waals surface area contributed by atoms with Crippen molar-refractivity contribution < 1.29 is 24.2 Å². The van der Waals surface area contributed by atoms with Gasteiger partial charge in [-0.1, -0.05) is 19.1 Å². The zero-order valence-corrected chi connectivity index (χ0v) is 13.3. The van der Waals surface area contributed by atoms with Gasteiger partial charge < -0.3 is 20.5 Å². The fourth-order valence-corrected chi connectivity index (χ4v) is 1.89. The molecule has 1 aromatic carbocycles. The Morgan fingerprint density at radius 1 is 1.22 bits per heavy atom. The number of methoxy groups -OCH3 is 1. The Balaban J connectivity index is 2.39. The summed E-state index contributed by atoms with van der Waals surface area (Å²) >= 11 is 0. The second-order valence-corrected chi connectivity index (χ2v) is 4.99. The molecule has 7 heteroatoms. The smallest absolute Gasteiger partial charge is 0.326 e. The summed E-state index contributed by atoms with van der Waals surface area (Å²) in [4.78, 5) is 34.1. The highest BCUT2D eigenvalue weighted by Crippen LogP contribution is 2.11. The third-order valence-corrected chi connectivity index (χ3v) is 3.29. The van der Waals surface area contributed by atoms with E-state index in [1.807, 2.05) is 24.3 Å². The van der Waals surface area contributed by atoms with E-state index in [1.54, 1.807) is 14.0 Å². The molecule has 0 saturated heterocycles. The summed E-state index contributed by atoms with van der Waals surface area (Å²) in [5.74, 6) is -0.683. The van der Waals surface area contributed by atoms with Gasteiger partial charge in [0.1, 0.15) is 17.6 Å². The highest BCUT2D eigenvalue weighted by molar-refractivity contribution is 5.88. The molecule has 7 nitrogen and oxygen atoms in total. The van der Waals surface area contributed by atoms with Crippen LogP contribution >= 0.6 is 0 Å². The number of amides is 2. The Kier molecular flexibility index (Phi) is 7.59. The number of aliphatic carboxylic acids is 1. The SMILES string of the molecule is CCC(=O)CC(NC(=O)NCCc1ccc(OC)cc1)C(=O)O. The lowest BCUT2D eigenvalue weighted by atomic mass is 10.1. The van der Waals surface area contributed by atoms with Crippen molar-refractivity contribution in [2.45, 2.75) is 32.2 Å². The molecular weight excluding hydrogens is 300 g/mol. The number of carboxylic acid groups (broad SMARTS) is 1. The Bertz CT molecular complexity index is 542. The van der Waals surface area contributed by atoms with E-state index in [2.05, 4.69) is 10.6 Å². The van der Waals surface area contributed by atoms with Gasteiger partial charge in [0.15, 0.2) is 0 Å². The number of ketones is 1. The number of benzene rings is 1. The van der Waals surface area contributed by atoms with E-state index < -0.39 is 18.0 Å². The molecule has 23 heavy (non-hydrogen) atoms. The number of urea groups is 1. The molecule has 126 valence electrons. The van der Waals surface area contributed by atoms with Crippen LogP contribution in [0.4, 0.5) is 4.79 Å². The maximum Gasteiger partial charge on any atom is 0.326 e. The predicted molar refractivity (Wildman–Crippen MR) is 84.6 cm³/mol. The molecule has 1 unspecified atom stereocenters. The molecule has 1 aromatic rings. The highest BCUT2D eigenvalue weighted by atomic mass is 16.5. The zero-order chi connectivity index (χ0) is 17.2. The molecule has 2 amide bonds. The van der Waals surface area contributed by atoms with Crippen LogP contribution in [0.5, 0.6) is 5.75 Å². The van der Waals surface area contributed by atoms with Crippen LogP contribution in [0.1, 0.15) is 25.3 Å². The van der Waals surface area contributed by atoms with Crippen molar-refractivity contribution in [1.82, 2.24) is 10.6 Å². The first-order valence-electron chi connectivity index (χ1n) is 7.38. The molecule has 0 aliphatic rings. The average Bonchev–Trinajstić information content (AvgIpc) is 2.54. The molecule has 0 heterocycles. The Morgan fingerprint density at radius 3 is 2.39 bits per heavy atom. The summed E-state index contributed by atoms with van der Waals surface area (Å²) in [7, 11) is 1.59. The first-order valence-corrected chi connectivity index (χ1v) is 7.38. The molecule has 3 N–H and O–H groups in total. The summed E-state index contributed by atoms with van der Waals surface area (Å²) in [6.07, 6.45) is 0.630. The van der Waals surface area contributed by atoms with Crippen LogP contribution in [0.25, 0.3) is 0 Å². The van der Waals surface area contributed by atoms with Gasteiger partial charge in [-0.25, -0.2) is 9.59 Å². The van der Waals surface area contributed by atoms with Crippen molar-refractivity contribution in [1.29, 1.82) is 0 Å². The third-order valence-electron chi connectivity index (χ3n) is 3.29. The van der Waals surface area contributed by atoms with E-state index >= 15 is 0 Å². The number of carbonyl (C=O) groups is 3. The fourth-order valence-electron chi connectivity index (χ4n) is 1.89. The van der Waals surface area contributed by atoms with Crippen molar-refractivity contribution in [3.63, 3.8) is 0 Å². The zero-order valence-electron chi connectivity index (χ0n) is 13.3. The van der Waals surface area contributed by atoms with Gasteiger partial charge in [-0.15, -0.1) is 0 Å². The minimum atomic E-state index is -1.22. The first kappa shape index (κ1) is 18.5. The van der Waals surface area contributed by atoms with Crippen LogP contribution < -0.4 is 15.4 Å². The van der Waals surface area contributed by atoms with Crippen LogP contribution in [0.3, 0.4) is 0 Å². The molecule has 0 saturated carbocycles. The van der Waals surface area contributed by atoms with Crippen LogP contribution in [-0.2, 0) is 16.0 Å². The van der Waals surface area contributed by atoms with Crippen LogP contribution in [0.15, 0.2) is 24.3 Å². The van der Waals surface area contributed by atoms with Crippen LogP contribution in [0.2, 0.25) is 0 Å². The van der Waals surface area contributed by atoms with Gasteiger partial charge in [0.2, 0.25) is 0 Å². The molecule has 0 aliphatic heterocycles. The normalized spacial score (nSPS) is 11.4. The quantitative estimate of drug-likeness (QED) is 0.637. The lowest BCUT2D eigenvalue weighted by Gasteiger charge is -2.14. The van der Waals surface area contributed by atoms with E-state index in [-0.39, 0.29) is 18.6 Å². The Hall–Kier alpha value is -2.57. The molecule has 1 atom stereocenters. The van der Waals surface area contributed by atoms with E-state index in [9.17, 15) is 14.4 Å². The standard InChI is InChI=1S/C16H22N2O5/c1-3-12(19)10-14(15(20)21)18-16(22)17-9-8-11-4-6-13(23-2)7-5-11/h4-7,14H,3,8-10H2,1-2H3,(H,20,21)(H2,17,18,22). The molecule has 1 rings (SSSR count). The van der Waals surface area contributed by atoms with Gasteiger partial charge in [-0.3, -0.25) is 4.79 Å². The fraction of sp³-hybridized carbons (Fsp3) is 0.438. The first-order chi connectivity index (χ1) is 11.0. The third kappa shape index (κ3) is 6.82. The molecular formula is C16H22N2O5. The summed E-state index contributed by atoms with van der Waals surface area (Å²) in [6.45, 7) is 2.00. The maximum atomic E-state index is 11.7. The summed E-state index contributed by atoms with van der Waals surface area (Å²) < 4.78 is 5.06. The number of carbonyl (C=O) groups excluding carboxylic acids is 2. The number of hydrogen-bond donors (Lipinski definition) is 3. The number of nitrogens with one attached hydrogen (secondary N) is 2. The van der Waals surface area contributed by atoms with Gasteiger partial charge in [0.25, 0.3) is 0 Å². The lowest BCUT2D eigenvalue weighted by molar-refractivity contribution is -0.140. The highest BCUT2D eigenvalue weighted by Gasteiger charge is 2.22. The average molecular weight is 322 g/mol. The molecule has 0 radical (unpaired) electrons. The van der Waals surface area contributed by atoms with Crippen molar-refractivity contribution in [2.24, 2.45) is 0 Å².